The molecule has 0 aromatic heterocycles. The van der Waals surface area contributed by atoms with Gasteiger partial charge < -0.3 is 14.8 Å². The lowest BCUT2D eigenvalue weighted by Crippen LogP contribution is -2.44. The summed E-state index contributed by atoms with van der Waals surface area (Å²) in [6.45, 7) is 13.0. The Kier molecular flexibility index (Phi) is 7.51. The lowest BCUT2D eigenvalue weighted by Gasteiger charge is -2.35. The molecule has 0 bridgehead atoms. The molecule has 3 rings (SSSR count). The first-order valence-electron chi connectivity index (χ1n) is 10.8. The number of ether oxygens (including phenoxy) is 2. The van der Waals surface area contributed by atoms with E-state index in [2.05, 4.69) is 50.0 Å². The summed E-state index contributed by atoms with van der Waals surface area (Å²) in [5.74, 6) is 1.03. The number of nitrogens with one attached hydrogen (secondary N) is 1. The summed E-state index contributed by atoms with van der Waals surface area (Å²) in [7, 11) is 0. The first-order valence-corrected chi connectivity index (χ1v) is 10.8. The van der Waals surface area contributed by atoms with Crippen molar-refractivity contribution < 1.29 is 14.3 Å². The molecule has 0 saturated carbocycles. The minimum atomic E-state index is -0.152. The average Bonchev–Trinajstić information content (AvgIpc) is 2.68. The normalized spacial score (nSPS) is 19.7. The van der Waals surface area contributed by atoms with E-state index in [0.29, 0.717) is 5.92 Å². The van der Waals surface area contributed by atoms with Crippen LogP contribution in [0.5, 0.6) is 5.75 Å². The molecule has 1 saturated heterocycles. The zero-order valence-electron chi connectivity index (χ0n) is 18.8. The van der Waals surface area contributed by atoms with Crippen LogP contribution in [0.1, 0.15) is 50.3 Å². The van der Waals surface area contributed by atoms with Crippen LogP contribution in [0, 0.1) is 6.92 Å². The van der Waals surface area contributed by atoms with Gasteiger partial charge in [0.25, 0.3) is 5.91 Å². The summed E-state index contributed by atoms with van der Waals surface area (Å²) in [5.41, 5.74) is 4.18. The Morgan fingerprint density at radius 2 is 1.87 bits per heavy atom. The maximum Gasteiger partial charge on any atom is 0.262 e. The van der Waals surface area contributed by atoms with Gasteiger partial charge >= 0.3 is 0 Å². The van der Waals surface area contributed by atoms with Crippen LogP contribution >= 0.6 is 0 Å². The van der Waals surface area contributed by atoms with Gasteiger partial charge in [-0.15, -0.1) is 0 Å². The number of benzene rings is 2. The third-order valence-electron chi connectivity index (χ3n) is 5.42. The quantitative estimate of drug-likeness (QED) is 0.716. The summed E-state index contributed by atoms with van der Waals surface area (Å²) in [6.07, 6.45) is 0.433. The van der Waals surface area contributed by atoms with Crippen molar-refractivity contribution in [1.29, 1.82) is 0 Å². The van der Waals surface area contributed by atoms with E-state index >= 15 is 0 Å². The fraction of sp³-hybridized carbons (Fsp3) is 0.480. The highest BCUT2D eigenvalue weighted by atomic mass is 16.5. The lowest BCUT2D eigenvalue weighted by atomic mass is 10.0. The molecule has 5 nitrogen and oxygen atoms in total. The van der Waals surface area contributed by atoms with Crippen LogP contribution in [-0.2, 0) is 16.1 Å². The SMILES string of the molecule is Cc1ccc(C(C)C)cc1OCC(=O)Nc1ccccc1CN1CC(C)OC(C)C1. The van der Waals surface area contributed by atoms with Gasteiger partial charge in [0.15, 0.2) is 6.61 Å². The molecule has 30 heavy (non-hydrogen) atoms. The number of para-hydroxylation sites is 1. The fourth-order valence-electron chi connectivity index (χ4n) is 3.90. The zero-order valence-corrected chi connectivity index (χ0v) is 18.8. The zero-order chi connectivity index (χ0) is 21.7. The number of anilines is 1. The molecule has 1 aliphatic heterocycles. The van der Waals surface area contributed by atoms with E-state index in [-0.39, 0.29) is 24.7 Å². The third kappa shape index (κ3) is 6.07. The second-order valence-corrected chi connectivity index (χ2v) is 8.63. The van der Waals surface area contributed by atoms with E-state index in [0.717, 1.165) is 42.2 Å². The Hall–Kier alpha value is -2.37. The van der Waals surface area contributed by atoms with Crippen LogP contribution in [0.3, 0.4) is 0 Å². The average molecular weight is 411 g/mol. The van der Waals surface area contributed by atoms with E-state index in [1.54, 1.807) is 0 Å². The Morgan fingerprint density at radius 1 is 1.17 bits per heavy atom. The lowest BCUT2D eigenvalue weighted by molar-refractivity contribution is -0.118. The molecule has 1 fully saturated rings. The predicted octanol–water partition coefficient (Wildman–Crippen LogP) is 4.75. The van der Waals surface area contributed by atoms with Gasteiger partial charge in [-0.3, -0.25) is 9.69 Å². The van der Waals surface area contributed by atoms with Crippen LogP contribution in [-0.4, -0.2) is 42.7 Å². The van der Waals surface area contributed by atoms with Crippen LogP contribution in [0.2, 0.25) is 0 Å². The summed E-state index contributed by atoms with van der Waals surface area (Å²) in [4.78, 5) is 15.0. The van der Waals surface area contributed by atoms with E-state index in [4.69, 9.17) is 9.47 Å². The van der Waals surface area contributed by atoms with Crippen LogP contribution in [0.15, 0.2) is 42.5 Å². The van der Waals surface area contributed by atoms with Gasteiger partial charge in [0, 0.05) is 25.3 Å². The molecule has 162 valence electrons. The first kappa shape index (κ1) is 22.3. The number of amides is 1. The summed E-state index contributed by atoms with van der Waals surface area (Å²) < 4.78 is 11.7. The Balaban J connectivity index is 1.61. The summed E-state index contributed by atoms with van der Waals surface area (Å²) in [5, 5.41) is 3.03. The first-order chi connectivity index (χ1) is 14.3. The van der Waals surface area contributed by atoms with Gasteiger partial charge in [0.1, 0.15) is 5.75 Å². The molecule has 2 aromatic carbocycles. The minimum absolute atomic E-state index is 0.0116. The minimum Gasteiger partial charge on any atom is -0.483 e. The van der Waals surface area contributed by atoms with Crippen LogP contribution < -0.4 is 10.1 Å². The molecule has 2 unspecified atom stereocenters. The molecular formula is C25H34N2O3. The van der Waals surface area contributed by atoms with E-state index < -0.39 is 0 Å². The number of nitrogens with zero attached hydrogens (tertiary/aromatic N) is 1. The van der Waals surface area contributed by atoms with Crippen molar-refractivity contribution in [3.8, 4) is 5.75 Å². The molecule has 5 heteroatoms. The van der Waals surface area contributed by atoms with Crippen molar-refractivity contribution >= 4 is 11.6 Å². The van der Waals surface area contributed by atoms with Crippen molar-refractivity contribution in [2.45, 2.75) is 59.3 Å². The smallest absolute Gasteiger partial charge is 0.262 e. The van der Waals surface area contributed by atoms with Gasteiger partial charge in [-0.1, -0.05) is 44.2 Å². The highest BCUT2D eigenvalue weighted by molar-refractivity contribution is 5.92. The van der Waals surface area contributed by atoms with Gasteiger partial charge in [-0.2, -0.15) is 0 Å². The standard InChI is InChI=1S/C25H34N2O3/c1-17(2)21-11-10-18(3)24(12-21)29-16-25(28)26-23-9-7-6-8-22(23)15-27-13-19(4)30-20(5)14-27/h6-12,17,19-20H,13-16H2,1-5H3,(H,26,28). The highest BCUT2D eigenvalue weighted by Crippen LogP contribution is 2.25. The van der Waals surface area contributed by atoms with Gasteiger partial charge in [-0.05, 0) is 55.5 Å². The molecule has 1 heterocycles. The van der Waals surface area contributed by atoms with E-state index in [9.17, 15) is 4.79 Å². The van der Waals surface area contributed by atoms with E-state index in [1.807, 2.05) is 37.3 Å². The monoisotopic (exact) mass is 410 g/mol. The molecule has 1 N–H and O–H groups in total. The second-order valence-electron chi connectivity index (χ2n) is 8.63. The van der Waals surface area contributed by atoms with E-state index in [1.165, 1.54) is 5.56 Å². The Morgan fingerprint density at radius 3 is 2.57 bits per heavy atom. The van der Waals surface area contributed by atoms with Crippen LogP contribution in [0.4, 0.5) is 5.69 Å². The number of rotatable bonds is 7. The topological polar surface area (TPSA) is 50.8 Å². The largest absolute Gasteiger partial charge is 0.483 e. The molecular weight excluding hydrogens is 376 g/mol. The number of carbonyl (C=O) groups excluding carboxylic acids is 1. The molecule has 1 amide bonds. The predicted molar refractivity (Wildman–Crippen MR) is 121 cm³/mol. The number of aryl methyl sites for hydroxylation is 1. The van der Waals surface area contributed by atoms with Crippen LogP contribution in [0.25, 0.3) is 0 Å². The third-order valence-corrected chi connectivity index (χ3v) is 5.42. The Bertz CT molecular complexity index is 855. The number of hydrogen-bond acceptors (Lipinski definition) is 4. The van der Waals surface area contributed by atoms with Gasteiger partial charge in [-0.25, -0.2) is 0 Å². The summed E-state index contributed by atoms with van der Waals surface area (Å²) in [6, 6.07) is 14.2. The van der Waals surface area contributed by atoms with Crippen molar-refractivity contribution in [2.75, 3.05) is 25.0 Å². The maximum absolute atomic E-state index is 12.6. The maximum atomic E-state index is 12.6. The molecule has 0 aliphatic carbocycles. The molecule has 0 spiro atoms. The van der Waals surface area contributed by atoms with Crippen molar-refractivity contribution in [3.05, 3.63) is 59.2 Å². The second kappa shape index (κ2) is 10.1. The summed E-state index contributed by atoms with van der Waals surface area (Å²) >= 11 is 0. The molecule has 1 aliphatic rings. The number of hydrogen-bond donors (Lipinski definition) is 1. The van der Waals surface area contributed by atoms with Gasteiger partial charge in [0.2, 0.25) is 0 Å². The Labute approximate surface area is 180 Å². The number of carbonyl (C=O) groups is 1. The van der Waals surface area contributed by atoms with Crippen molar-refractivity contribution in [1.82, 2.24) is 4.90 Å². The highest BCUT2D eigenvalue weighted by Gasteiger charge is 2.23. The van der Waals surface area contributed by atoms with Crippen molar-refractivity contribution in [3.63, 3.8) is 0 Å². The molecule has 2 aromatic rings. The fourth-order valence-corrected chi connectivity index (χ4v) is 3.90. The van der Waals surface area contributed by atoms with Gasteiger partial charge in [0.05, 0.1) is 12.2 Å². The number of morpholine rings is 1. The molecule has 2 atom stereocenters. The van der Waals surface area contributed by atoms with Crippen molar-refractivity contribution in [2.24, 2.45) is 0 Å². The molecule has 0 radical (unpaired) electrons.